The minimum Gasteiger partial charge on any atom is -0.350 e. The van der Waals surface area contributed by atoms with Gasteiger partial charge in [0.2, 0.25) is 0 Å². The van der Waals surface area contributed by atoms with E-state index in [1.54, 1.807) is 0 Å². The van der Waals surface area contributed by atoms with Gasteiger partial charge < -0.3 is 4.57 Å². The highest BCUT2D eigenvalue weighted by molar-refractivity contribution is 5.87. The van der Waals surface area contributed by atoms with E-state index >= 15 is 0 Å². The van der Waals surface area contributed by atoms with Crippen LogP contribution in [-0.4, -0.2) is 4.57 Å². The van der Waals surface area contributed by atoms with E-state index in [4.69, 9.17) is 0 Å². The van der Waals surface area contributed by atoms with Crippen molar-refractivity contribution in [3.8, 4) is 0 Å². The van der Waals surface area contributed by atoms with Gasteiger partial charge in [0, 0.05) is 18.6 Å². The van der Waals surface area contributed by atoms with Gasteiger partial charge in [0.1, 0.15) is 0 Å². The molecule has 0 radical (unpaired) electrons. The third kappa shape index (κ3) is 1.15. The van der Waals surface area contributed by atoms with Crippen molar-refractivity contribution in [2.24, 2.45) is 7.05 Å². The molecule has 0 aliphatic heterocycles. The van der Waals surface area contributed by atoms with Crippen LogP contribution in [0.5, 0.6) is 0 Å². The number of benzene rings is 1. The molecular formula is C12H15N. The molecule has 0 saturated heterocycles. The Kier molecular flexibility index (Phi) is 1.69. The fraction of sp³-hybridized carbons (Fsp3) is 0.333. The van der Waals surface area contributed by atoms with Gasteiger partial charge in [0.25, 0.3) is 0 Å². The van der Waals surface area contributed by atoms with Crippen LogP contribution in [0.15, 0.2) is 18.3 Å². The summed E-state index contributed by atoms with van der Waals surface area (Å²) in [5.41, 5.74) is 5.44. The summed E-state index contributed by atoms with van der Waals surface area (Å²) in [6.07, 6.45) is 2.19. The molecule has 0 saturated carbocycles. The van der Waals surface area contributed by atoms with Crippen LogP contribution in [0.4, 0.5) is 0 Å². The van der Waals surface area contributed by atoms with Crippen molar-refractivity contribution in [1.82, 2.24) is 4.57 Å². The number of fused-ring (bicyclic) bond motifs is 1. The predicted octanol–water partition coefficient (Wildman–Crippen LogP) is 3.10. The molecule has 68 valence electrons. The summed E-state index contributed by atoms with van der Waals surface area (Å²) < 4.78 is 2.21. The normalized spacial score (nSPS) is 11.1. The molecule has 0 bridgehead atoms. The molecule has 2 aromatic rings. The maximum Gasteiger partial charge on any atom is 0.0510 e. The Bertz CT molecular complexity index is 463. The molecule has 1 aromatic heterocycles. The second kappa shape index (κ2) is 2.63. The van der Waals surface area contributed by atoms with E-state index in [-0.39, 0.29) is 0 Å². The second-order valence-corrected chi connectivity index (χ2v) is 3.90. The molecule has 0 N–H and O–H groups in total. The molecule has 2 rings (SSSR count). The third-order valence-electron chi connectivity index (χ3n) is 2.61. The molecule has 1 heteroatoms. The molecule has 0 amide bonds. The lowest BCUT2D eigenvalue weighted by molar-refractivity contribution is 0.959. The van der Waals surface area contributed by atoms with Crippen molar-refractivity contribution in [2.75, 3.05) is 0 Å². The Balaban J connectivity index is 2.97. The Morgan fingerprint density at radius 1 is 1.00 bits per heavy atom. The van der Waals surface area contributed by atoms with E-state index < -0.39 is 0 Å². The highest BCUT2D eigenvalue weighted by Gasteiger charge is 2.05. The summed E-state index contributed by atoms with van der Waals surface area (Å²) in [5.74, 6) is 0. The third-order valence-corrected chi connectivity index (χ3v) is 2.61. The van der Waals surface area contributed by atoms with Crippen LogP contribution < -0.4 is 0 Å². The summed E-state index contributed by atoms with van der Waals surface area (Å²) in [6.45, 7) is 6.49. The zero-order valence-corrected chi connectivity index (χ0v) is 8.68. The van der Waals surface area contributed by atoms with Crippen LogP contribution >= 0.6 is 0 Å². The topological polar surface area (TPSA) is 4.93 Å². The fourth-order valence-electron chi connectivity index (χ4n) is 2.15. The predicted molar refractivity (Wildman–Crippen MR) is 57.1 cm³/mol. The Morgan fingerprint density at radius 3 is 2.38 bits per heavy atom. The molecule has 0 unspecified atom stereocenters. The first-order chi connectivity index (χ1) is 6.09. The van der Waals surface area contributed by atoms with E-state index in [0.29, 0.717) is 0 Å². The smallest absolute Gasteiger partial charge is 0.0510 e. The molecule has 1 heterocycles. The molecule has 0 aliphatic rings. The van der Waals surface area contributed by atoms with E-state index in [9.17, 15) is 0 Å². The largest absolute Gasteiger partial charge is 0.350 e. The first kappa shape index (κ1) is 8.36. The minimum atomic E-state index is 1.35. The van der Waals surface area contributed by atoms with Crippen molar-refractivity contribution < 1.29 is 0 Å². The van der Waals surface area contributed by atoms with Gasteiger partial charge in [-0.1, -0.05) is 11.6 Å². The van der Waals surface area contributed by atoms with Gasteiger partial charge in [0.15, 0.2) is 0 Å². The number of aromatic nitrogens is 1. The van der Waals surface area contributed by atoms with Gasteiger partial charge in [-0.2, -0.15) is 0 Å². The molecular weight excluding hydrogens is 158 g/mol. The molecule has 1 nitrogen and oxygen atoms in total. The minimum absolute atomic E-state index is 1.35. The lowest BCUT2D eigenvalue weighted by atomic mass is 10.1. The number of nitrogens with zero attached hydrogens (tertiary/aromatic N) is 1. The van der Waals surface area contributed by atoms with Gasteiger partial charge >= 0.3 is 0 Å². The average Bonchev–Trinajstić information content (AvgIpc) is 2.27. The van der Waals surface area contributed by atoms with Crippen LogP contribution in [0.2, 0.25) is 0 Å². The maximum absolute atomic E-state index is 2.26. The zero-order valence-electron chi connectivity index (χ0n) is 8.68. The Morgan fingerprint density at radius 2 is 1.69 bits per heavy atom. The SMILES string of the molecule is Cc1cc(C)c2c(c1)c(C)cn2C. The summed E-state index contributed by atoms with van der Waals surface area (Å²) in [4.78, 5) is 0. The molecule has 0 aliphatic carbocycles. The fourth-order valence-corrected chi connectivity index (χ4v) is 2.15. The van der Waals surface area contributed by atoms with Crippen molar-refractivity contribution >= 4 is 10.9 Å². The van der Waals surface area contributed by atoms with Crippen molar-refractivity contribution in [3.05, 3.63) is 35.0 Å². The van der Waals surface area contributed by atoms with E-state index in [1.165, 1.54) is 27.6 Å². The summed E-state index contributed by atoms with van der Waals surface area (Å²) >= 11 is 0. The van der Waals surface area contributed by atoms with Crippen LogP contribution in [-0.2, 0) is 7.05 Å². The second-order valence-electron chi connectivity index (χ2n) is 3.90. The highest BCUT2D eigenvalue weighted by Crippen LogP contribution is 2.24. The van der Waals surface area contributed by atoms with Crippen LogP contribution in [0.3, 0.4) is 0 Å². The Hall–Kier alpha value is -1.24. The van der Waals surface area contributed by atoms with Crippen molar-refractivity contribution in [1.29, 1.82) is 0 Å². The van der Waals surface area contributed by atoms with E-state index in [2.05, 4.69) is 50.7 Å². The molecule has 0 atom stereocenters. The summed E-state index contributed by atoms with van der Waals surface area (Å²) in [7, 11) is 2.11. The van der Waals surface area contributed by atoms with Crippen LogP contribution in [0, 0.1) is 20.8 Å². The van der Waals surface area contributed by atoms with Gasteiger partial charge in [-0.25, -0.2) is 0 Å². The van der Waals surface area contributed by atoms with Gasteiger partial charge in [-0.05, 0) is 38.0 Å². The first-order valence-electron chi connectivity index (χ1n) is 4.62. The standard InChI is InChI=1S/C12H15N/c1-8-5-9(2)12-11(6-8)10(3)7-13(12)4/h5-7H,1-4H3. The quantitative estimate of drug-likeness (QED) is 0.577. The zero-order chi connectivity index (χ0) is 9.59. The van der Waals surface area contributed by atoms with Gasteiger partial charge in [-0.15, -0.1) is 0 Å². The first-order valence-corrected chi connectivity index (χ1v) is 4.62. The number of hydrogen-bond acceptors (Lipinski definition) is 0. The van der Waals surface area contributed by atoms with Gasteiger partial charge in [-0.3, -0.25) is 0 Å². The van der Waals surface area contributed by atoms with E-state index in [1.807, 2.05) is 0 Å². The molecule has 0 fully saturated rings. The lowest BCUT2D eigenvalue weighted by Gasteiger charge is -2.02. The lowest BCUT2D eigenvalue weighted by Crippen LogP contribution is -1.87. The molecule has 13 heavy (non-hydrogen) atoms. The van der Waals surface area contributed by atoms with Crippen molar-refractivity contribution in [2.45, 2.75) is 20.8 Å². The number of aryl methyl sites for hydroxylation is 4. The molecule has 1 aromatic carbocycles. The summed E-state index contributed by atoms with van der Waals surface area (Å²) in [6, 6.07) is 4.50. The van der Waals surface area contributed by atoms with Crippen LogP contribution in [0.1, 0.15) is 16.7 Å². The summed E-state index contributed by atoms with van der Waals surface area (Å²) in [5, 5.41) is 1.39. The van der Waals surface area contributed by atoms with E-state index in [0.717, 1.165) is 0 Å². The Labute approximate surface area is 79.0 Å². The number of hydrogen-bond donors (Lipinski definition) is 0. The molecule has 0 spiro atoms. The van der Waals surface area contributed by atoms with Crippen LogP contribution in [0.25, 0.3) is 10.9 Å². The number of rotatable bonds is 0. The average molecular weight is 173 g/mol. The highest BCUT2D eigenvalue weighted by atomic mass is 14.9. The van der Waals surface area contributed by atoms with Crippen molar-refractivity contribution in [3.63, 3.8) is 0 Å². The maximum atomic E-state index is 2.26. The van der Waals surface area contributed by atoms with Gasteiger partial charge in [0.05, 0.1) is 5.52 Å². The monoisotopic (exact) mass is 173 g/mol.